The van der Waals surface area contributed by atoms with E-state index < -0.39 is 0 Å². The number of anilines is 1. The number of hydrogen-bond acceptors (Lipinski definition) is 6. The van der Waals surface area contributed by atoms with Crippen LogP contribution in [-0.4, -0.2) is 56.8 Å². The van der Waals surface area contributed by atoms with Gasteiger partial charge in [0.2, 0.25) is 0 Å². The Morgan fingerprint density at radius 2 is 1.66 bits per heavy atom. The molecule has 0 spiro atoms. The molecule has 148 valence electrons. The van der Waals surface area contributed by atoms with Gasteiger partial charge in [0.05, 0.1) is 12.4 Å². The second-order valence-electron chi connectivity index (χ2n) is 7.05. The third-order valence-electron chi connectivity index (χ3n) is 5.00. The van der Waals surface area contributed by atoms with Crippen molar-refractivity contribution in [1.82, 2.24) is 24.8 Å². The maximum atomic E-state index is 12.7. The fourth-order valence-electron chi connectivity index (χ4n) is 3.34. The van der Waals surface area contributed by atoms with Gasteiger partial charge in [0.1, 0.15) is 11.5 Å². The average molecular weight is 388 g/mol. The monoisotopic (exact) mass is 388 g/mol. The molecule has 1 amide bonds. The van der Waals surface area contributed by atoms with E-state index in [0.29, 0.717) is 31.1 Å². The zero-order valence-corrected chi connectivity index (χ0v) is 16.2. The molecular formula is C22H24N6O. The van der Waals surface area contributed by atoms with E-state index in [1.54, 1.807) is 24.8 Å². The lowest BCUT2D eigenvalue weighted by molar-refractivity contribution is 0.0622. The minimum absolute atomic E-state index is 0.0578. The number of carbonyl (C=O) groups is 1. The van der Waals surface area contributed by atoms with Crippen LogP contribution in [0.3, 0.4) is 0 Å². The van der Waals surface area contributed by atoms with Gasteiger partial charge in [-0.1, -0.05) is 30.3 Å². The smallest absolute Gasteiger partial charge is 0.274 e. The zero-order chi connectivity index (χ0) is 19.9. The molecule has 4 rings (SSSR count). The van der Waals surface area contributed by atoms with Gasteiger partial charge in [0, 0.05) is 51.7 Å². The molecule has 3 heterocycles. The van der Waals surface area contributed by atoms with Crippen molar-refractivity contribution in [1.29, 1.82) is 0 Å². The van der Waals surface area contributed by atoms with Gasteiger partial charge < -0.3 is 10.2 Å². The highest BCUT2D eigenvalue weighted by molar-refractivity contribution is 5.92. The van der Waals surface area contributed by atoms with Gasteiger partial charge in [0.15, 0.2) is 0 Å². The van der Waals surface area contributed by atoms with E-state index in [9.17, 15) is 4.79 Å². The summed E-state index contributed by atoms with van der Waals surface area (Å²) in [6.45, 7) is 4.68. The van der Waals surface area contributed by atoms with E-state index in [4.69, 9.17) is 0 Å². The van der Waals surface area contributed by atoms with Crippen LogP contribution in [-0.2, 0) is 13.1 Å². The van der Waals surface area contributed by atoms with E-state index in [-0.39, 0.29) is 5.91 Å². The van der Waals surface area contributed by atoms with E-state index in [0.717, 1.165) is 25.2 Å². The van der Waals surface area contributed by atoms with Crippen molar-refractivity contribution < 1.29 is 4.79 Å². The largest absolute Gasteiger partial charge is 0.365 e. The molecule has 1 fully saturated rings. The summed E-state index contributed by atoms with van der Waals surface area (Å²) in [7, 11) is 0. The van der Waals surface area contributed by atoms with Crippen LogP contribution in [0.5, 0.6) is 0 Å². The highest BCUT2D eigenvalue weighted by Gasteiger charge is 2.23. The first kappa shape index (κ1) is 19.0. The van der Waals surface area contributed by atoms with Crippen LogP contribution in [0.1, 0.15) is 21.6 Å². The lowest BCUT2D eigenvalue weighted by atomic mass is 10.2. The van der Waals surface area contributed by atoms with E-state index in [1.165, 1.54) is 5.56 Å². The quantitative estimate of drug-likeness (QED) is 0.699. The van der Waals surface area contributed by atoms with Crippen molar-refractivity contribution in [3.05, 3.63) is 84.1 Å². The second kappa shape index (κ2) is 9.25. The second-order valence-corrected chi connectivity index (χ2v) is 7.05. The SMILES string of the molecule is O=C(c1cnc(NCc2ccncc2)cn1)N1CCN(Cc2ccccc2)CC1. The Balaban J connectivity index is 1.27. The molecule has 0 unspecified atom stereocenters. The predicted octanol–water partition coefficient (Wildman–Crippen LogP) is 2.44. The Labute approximate surface area is 170 Å². The summed E-state index contributed by atoms with van der Waals surface area (Å²) in [5.41, 5.74) is 2.79. The number of piperazine rings is 1. The van der Waals surface area contributed by atoms with Gasteiger partial charge in [0.25, 0.3) is 5.91 Å². The summed E-state index contributed by atoms with van der Waals surface area (Å²) >= 11 is 0. The Morgan fingerprint density at radius 1 is 0.897 bits per heavy atom. The maximum Gasteiger partial charge on any atom is 0.274 e. The summed E-state index contributed by atoms with van der Waals surface area (Å²) in [4.78, 5) is 29.6. The molecule has 1 aliphatic rings. The number of amides is 1. The summed E-state index contributed by atoms with van der Waals surface area (Å²) in [6.07, 6.45) is 6.67. The van der Waals surface area contributed by atoms with Crippen LogP contribution in [0.2, 0.25) is 0 Å². The number of nitrogens with zero attached hydrogens (tertiary/aromatic N) is 5. The Morgan fingerprint density at radius 3 is 2.34 bits per heavy atom. The van der Waals surface area contributed by atoms with Crippen molar-refractivity contribution in [2.45, 2.75) is 13.1 Å². The van der Waals surface area contributed by atoms with Crippen molar-refractivity contribution in [2.24, 2.45) is 0 Å². The lowest BCUT2D eigenvalue weighted by Gasteiger charge is -2.34. The first-order valence-electron chi connectivity index (χ1n) is 9.78. The molecule has 0 bridgehead atoms. The summed E-state index contributed by atoms with van der Waals surface area (Å²) in [6, 6.07) is 14.3. The molecule has 7 nitrogen and oxygen atoms in total. The van der Waals surface area contributed by atoms with Crippen molar-refractivity contribution in [3.8, 4) is 0 Å². The van der Waals surface area contributed by atoms with Crippen molar-refractivity contribution in [2.75, 3.05) is 31.5 Å². The molecule has 1 saturated heterocycles. The van der Waals surface area contributed by atoms with Crippen LogP contribution in [0.25, 0.3) is 0 Å². The topological polar surface area (TPSA) is 74.2 Å². The predicted molar refractivity (Wildman–Crippen MR) is 111 cm³/mol. The molecule has 0 aliphatic carbocycles. The number of nitrogens with one attached hydrogen (secondary N) is 1. The Hall–Kier alpha value is -3.32. The molecule has 3 aromatic rings. The Bertz CT molecular complexity index is 909. The van der Waals surface area contributed by atoms with Gasteiger partial charge >= 0.3 is 0 Å². The number of benzene rings is 1. The van der Waals surface area contributed by atoms with Gasteiger partial charge in [-0.25, -0.2) is 9.97 Å². The van der Waals surface area contributed by atoms with Crippen LogP contribution < -0.4 is 5.32 Å². The summed E-state index contributed by atoms with van der Waals surface area (Å²) in [5.74, 6) is 0.587. The molecule has 29 heavy (non-hydrogen) atoms. The molecule has 7 heteroatoms. The fourth-order valence-corrected chi connectivity index (χ4v) is 3.34. The number of aromatic nitrogens is 3. The van der Waals surface area contributed by atoms with E-state index in [2.05, 4.69) is 49.4 Å². The zero-order valence-electron chi connectivity index (χ0n) is 16.2. The Kier molecular flexibility index (Phi) is 6.07. The molecular weight excluding hydrogens is 364 g/mol. The molecule has 0 radical (unpaired) electrons. The third-order valence-corrected chi connectivity index (χ3v) is 5.00. The first-order chi connectivity index (χ1) is 14.3. The minimum atomic E-state index is -0.0578. The fraction of sp³-hybridized carbons (Fsp3) is 0.273. The average Bonchev–Trinajstić information content (AvgIpc) is 2.79. The van der Waals surface area contributed by atoms with Gasteiger partial charge in [-0.3, -0.25) is 14.7 Å². The van der Waals surface area contributed by atoms with Crippen LogP contribution in [0, 0.1) is 0 Å². The van der Waals surface area contributed by atoms with Crippen LogP contribution in [0.15, 0.2) is 67.3 Å². The number of hydrogen-bond donors (Lipinski definition) is 1. The molecule has 0 atom stereocenters. The van der Waals surface area contributed by atoms with E-state index in [1.807, 2.05) is 23.1 Å². The number of rotatable bonds is 6. The van der Waals surface area contributed by atoms with Crippen molar-refractivity contribution >= 4 is 11.7 Å². The van der Waals surface area contributed by atoms with Crippen LogP contribution in [0.4, 0.5) is 5.82 Å². The van der Waals surface area contributed by atoms with E-state index >= 15 is 0 Å². The summed E-state index contributed by atoms with van der Waals surface area (Å²) in [5, 5.41) is 3.20. The highest BCUT2D eigenvalue weighted by Crippen LogP contribution is 2.11. The number of pyridine rings is 1. The van der Waals surface area contributed by atoms with Crippen molar-refractivity contribution in [3.63, 3.8) is 0 Å². The van der Waals surface area contributed by atoms with Gasteiger partial charge in [-0.05, 0) is 23.3 Å². The molecule has 2 aromatic heterocycles. The molecule has 0 saturated carbocycles. The summed E-state index contributed by atoms with van der Waals surface area (Å²) < 4.78 is 0. The molecule has 1 N–H and O–H groups in total. The third kappa shape index (κ3) is 5.14. The number of carbonyl (C=O) groups excluding carboxylic acids is 1. The lowest BCUT2D eigenvalue weighted by Crippen LogP contribution is -2.48. The normalized spacial score (nSPS) is 14.6. The van der Waals surface area contributed by atoms with Crippen LogP contribution >= 0.6 is 0 Å². The molecule has 1 aliphatic heterocycles. The first-order valence-corrected chi connectivity index (χ1v) is 9.78. The minimum Gasteiger partial charge on any atom is -0.365 e. The van der Waals surface area contributed by atoms with Gasteiger partial charge in [-0.2, -0.15) is 0 Å². The maximum absolute atomic E-state index is 12.7. The molecule has 1 aromatic carbocycles. The van der Waals surface area contributed by atoms with Gasteiger partial charge in [-0.15, -0.1) is 0 Å². The highest BCUT2D eigenvalue weighted by atomic mass is 16.2. The standard InChI is InChI=1S/C22H24N6O/c29-22(28-12-10-27(11-13-28)17-19-4-2-1-3-5-19)20-15-26-21(16-24-20)25-14-18-6-8-23-9-7-18/h1-9,15-16H,10-14,17H2,(H,25,26).